The molecule has 3 nitrogen and oxygen atoms in total. The zero-order valence-corrected chi connectivity index (χ0v) is 9.34. The third-order valence-electron chi connectivity index (χ3n) is 1.86. The molecule has 0 rings (SSSR count). The molecule has 0 saturated heterocycles. The molecule has 84 valence electrons. The molecule has 0 fully saturated rings. The fourth-order valence-electron chi connectivity index (χ4n) is 0.946. The van der Waals surface area contributed by atoms with Crippen molar-refractivity contribution in [2.24, 2.45) is 0 Å². The summed E-state index contributed by atoms with van der Waals surface area (Å²) in [5.41, 5.74) is 1.05. The molecular formula is C12H19NO2. The Kier molecular flexibility index (Phi) is 7.24. The maximum absolute atomic E-state index is 10.9. The standard InChI is InChI=1S/C12H19NO2/c1-4-11(14)6-5-7-12(13)15-9-8-10(2)3/h4,13H,1-2,5-9H2,3H3. The van der Waals surface area contributed by atoms with E-state index in [1.165, 1.54) is 6.08 Å². The number of ether oxygens (including phenoxy) is 1. The summed E-state index contributed by atoms with van der Waals surface area (Å²) >= 11 is 0. The minimum atomic E-state index is 0.0183. The van der Waals surface area contributed by atoms with E-state index >= 15 is 0 Å². The molecule has 0 heterocycles. The van der Waals surface area contributed by atoms with Crippen molar-refractivity contribution in [2.45, 2.75) is 32.6 Å². The molecular weight excluding hydrogens is 190 g/mol. The molecule has 0 atom stereocenters. The van der Waals surface area contributed by atoms with Gasteiger partial charge in [-0.05, 0) is 19.4 Å². The van der Waals surface area contributed by atoms with Crippen molar-refractivity contribution in [3.05, 3.63) is 24.8 Å². The van der Waals surface area contributed by atoms with Crippen molar-refractivity contribution in [3.63, 3.8) is 0 Å². The molecule has 15 heavy (non-hydrogen) atoms. The Balaban J connectivity index is 3.45. The van der Waals surface area contributed by atoms with Gasteiger partial charge in [-0.1, -0.05) is 12.2 Å². The number of carbonyl (C=O) groups excluding carboxylic acids is 1. The van der Waals surface area contributed by atoms with Crippen molar-refractivity contribution in [1.82, 2.24) is 0 Å². The molecule has 1 N–H and O–H groups in total. The number of rotatable bonds is 8. The van der Waals surface area contributed by atoms with E-state index < -0.39 is 0 Å². The number of nitrogens with one attached hydrogen (secondary N) is 1. The number of allylic oxidation sites excluding steroid dienone is 1. The predicted octanol–water partition coefficient (Wildman–Crippen LogP) is 2.87. The second kappa shape index (κ2) is 7.97. The summed E-state index contributed by atoms with van der Waals surface area (Å²) in [4.78, 5) is 10.9. The largest absolute Gasteiger partial charge is 0.481 e. The molecule has 0 aromatic rings. The lowest BCUT2D eigenvalue weighted by Crippen LogP contribution is -2.05. The van der Waals surface area contributed by atoms with Crippen molar-refractivity contribution in [3.8, 4) is 0 Å². The minimum absolute atomic E-state index is 0.0183. The zero-order valence-electron chi connectivity index (χ0n) is 9.34. The van der Waals surface area contributed by atoms with Crippen LogP contribution in [0.15, 0.2) is 24.8 Å². The molecule has 0 spiro atoms. The highest BCUT2D eigenvalue weighted by Gasteiger charge is 2.00. The number of hydrogen-bond acceptors (Lipinski definition) is 3. The first-order valence-electron chi connectivity index (χ1n) is 5.06. The topological polar surface area (TPSA) is 50.2 Å². The van der Waals surface area contributed by atoms with E-state index in [0.717, 1.165) is 12.0 Å². The van der Waals surface area contributed by atoms with Gasteiger partial charge in [0.2, 0.25) is 0 Å². The Morgan fingerprint density at radius 1 is 1.40 bits per heavy atom. The summed E-state index contributed by atoms with van der Waals surface area (Å²) < 4.78 is 5.15. The molecule has 0 aliphatic heterocycles. The monoisotopic (exact) mass is 209 g/mol. The van der Waals surface area contributed by atoms with Gasteiger partial charge < -0.3 is 4.74 Å². The van der Waals surface area contributed by atoms with Crippen LogP contribution in [-0.2, 0) is 9.53 Å². The van der Waals surface area contributed by atoms with Gasteiger partial charge in [-0.25, -0.2) is 0 Å². The van der Waals surface area contributed by atoms with Crippen LogP contribution in [-0.4, -0.2) is 18.3 Å². The van der Waals surface area contributed by atoms with Crippen LogP contribution in [0.5, 0.6) is 0 Å². The lowest BCUT2D eigenvalue weighted by atomic mass is 10.2. The van der Waals surface area contributed by atoms with Crippen molar-refractivity contribution in [1.29, 1.82) is 5.41 Å². The second-order valence-electron chi connectivity index (χ2n) is 3.50. The van der Waals surface area contributed by atoms with Crippen molar-refractivity contribution in [2.75, 3.05) is 6.61 Å². The summed E-state index contributed by atoms with van der Waals surface area (Å²) in [6, 6.07) is 0. The van der Waals surface area contributed by atoms with E-state index in [2.05, 4.69) is 13.2 Å². The molecule has 0 saturated carbocycles. The van der Waals surface area contributed by atoms with Gasteiger partial charge in [-0.15, -0.1) is 6.58 Å². The molecule has 0 amide bonds. The van der Waals surface area contributed by atoms with E-state index in [4.69, 9.17) is 10.1 Å². The average molecular weight is 209 g/mol. The molecule has 0 unspecified atom stereocenters. The first-order chi connectivity index (χ1) is 7.06. The van der Waals surface area contributed by atoms with Gasteiger partial charge in [0, 0.05) is 19.3 Å². The quantitative estimate of drug-likeness (QED) is 0.289. The molecule has 0 bridgehead atoms. The van der Waals surface area contributed by atoms with E-state index in [0.29, 0.717) is 25.9 Å². The number of carbonyl (C=O) groups is 1. The van der Waals surface area contributed by atoms with Gasteiger partial charge in [0.1, 0.15) is 0 Å². The van der Waals surface area contributed by atoms with Crippen LogP contribution < -0.4 is 0 Å². The summed E-state index contributed by atoms with van der Waals surface area (Å²) in [7, 11) is 0. The maximum Gasteiger partial charge on any atom is 0.180 e. The number of hydrogen-bond donors (Lipinski definition) is 1. The highest BCUT2D eigenvalue weighted by molar-refractivity contribution is 5.89. The first kappa shape index (κ1) is 13.6. The highest BCUT2D eigenvalue weighted by Crippen LogP contribution is 2.01. The Bertz CT molecular complexity index is 256. The fraction of sp³-hybridized carbons (Fsp3) is 0.500. The summed E-state index contributed by atoms with van der Waals surface area (Å²) in [6.07, 6.45) is 3.68. The lowest BCUT2D eigenvalue weighted by molar-refractivity contribution is -0.114. The predicted molar refractivity (Wildman–Crippen MR) is 62.2 cm³/mol. The van der Waals surface area contributed by atoms with Gasteiger partial charge in [0.15, 0.2) is 11.7 Å². The Morgan fingerprint density at radius 3 is 2.60 bits per heavy atom. The van der Waals surface area contributed by atoms with Crippen molar-refractivity contribution >= 4 is 11.7 Å². The van der Waals surface area contributed by atoms with Crippen LogP contribution in [0.25, 0.3) is 0 Å². The van der Waals surface area contributed by atoms with E-state index in [1.807, 2.05) is 6.92 Å². The third kappa shape index (κ3) is 8.94. The van der Waals surface area contributed by atoms with Gasteiger partial charge >= 0.3 is 0 Å². The van der Waals surface area contributed by atoms with E-state index in [-0.39, 0.29) is 11.7 Å². The summed E-state index contributed by atoms with van der Waals surface area (Å²) in [5, 5.41) is 7.45. The van der Waals surface area contributed by atoms with Gasteiger partial charge in [-0.3, -0.25) is 10.2 Å². The van der Waals surface area contributed by atoms with Crippen LogP contribution in [0.4, 0.5) is 0 Å². The maximum atomic E-state index is 10.9. The molecule has 0 radical (unpaired) electrons. The van der Waals surface area contributed by atoms with E-state index in [1.54, 1.807) is 0 Å². The van der Waals surface area contributed by atoms with Gasteiger partial charge in [0.05, 0.1) is 6.61 Å². The second-order valence-corrected chi connectivity index (χ2v) is 3.50. The van der Waals surface area contributed by atoms with Crippen LogP contribution >= 0.6 is 0 Å². The first-order valence-corrected chi connectivity index (χ1v) is 5.06. The van der Waals surface area contributed by atoms with Gasteiger partial charge in [0.25, 0.3) is 0 Å². The third-order valence-corrected chi connectivity index (χ3v) is 1.86. The van der Waals surface area contributed by atoms with Crippen LogP contribution in [0.3, 0.4) is 0 Å². The van der Waals surface area contributed by atoms with Crippen molar-refractivity contribution < 1.29 is 9.53 Å². The molecule has 3 heteroatoms. The lowest BCUT2D eigenvalue weighted by Gasteiger charge is -2.06. The smallest absolute Gasteiger partial charge is 0.180 e. The van der Waals surface area contributed by atoms with Crippen LogP contribution in [0, 0.1) is 5.41 Å². The summed E-state index contributed by atoms with van der Waals surface area (Å²) in [6.45, 7) is 9.56. The van der Waals surface area contributed by atoms with Crippen LogP contribution in [0.1, 0.15) is 32.6 Å². The Morgan fingerprint density at radius 2 is 2.07 bits per heavy atom. The van der Waals surface area contributed by atoms with E-state index in [9.17, 15) is 4.79 Å². The minimum Gasteiger partial charge on any atom is -0.481 e. The SMILES string of the molecule is C=CC(=O)CCCC(=N)OCCC(=C)C. The molecule has 0 aromatic carbocycles. The molecule has 0 aromatic heterocycles. The average Bonchev–Trinajstić information content (AvgIpc) is 2.17. The fourth-order valence-corrected chi connectivity index (χ4v) is 0.946. The summed E-state index contributed by atoms with van der Waals surface area (Å²) in [5.74, 6) is 0.262. The number of ketones is 1. The molecule has 0 aliphatic rings. The normalized spacial score (nSPS) is 9.40. The van der Waals surface area contributed by atoms with Gasteiger partial charge in [-0.2, -0.15) is 0 Å². The Hall–Kier alpha value is -1.38. The highest BCUT2D eigenvalue weighted by atomic mass is 16.5. The molecule has 0 aliphatic carbocycles. The Labute approximate surface area is 91.3 Å². The van der Waals surface area contributed by atoms with Crippen LogP contribution in [0.2, 0.25) is 0 Å². The zero-order chi connectivity index (χ0) is 11.7.